The number of aromatic nitrogens is 1. The van der Waals surface area contributed by atoms with E-state index in [9.17, 15) is 17.6 Å². The van der Waals surface area contributed by atoms with Gasteiger partial charge in [-0.05, 0) is 55.0 Å². The van der Waals surface area contributed by atoms with Crippen LogP contribution in [-0.2, 0) is 10.0 Å². The lowest BCUT2D eigenvalue weighted by molar-refractivity contribution is 0.104. The van der Waals surface area contributed by atoms with Crippen LogP contribution in [0, 0.1) is 12.7 Å². The molecular weight excluding hydrogens is 449 g/mol. The number of aryl methyl sites for hydroxylation is 1. The van der Waals surface area contributed by atoms with Crippen molar-refractivity contribution >= 4 is 43.6 Å². The SMILES string of the molecule is Cc1ccccc1C(=O)c1cnc(Nc2cccc(NS(=O)(=O)c3ccc(F)cc3)c2)s1. The minimum atomic E-state index is -3.86. The minimum Gasteiger partial charge on any atom is -0.331 e. The third kappa shape index (κ3) is 4.84. The summed E-state index contributed by atoms with van der Waals surface area (Å²) < 4.78 is 40.6. The van der Waals surface area contributed by atoms with Crippen molar-refractivity contribution in [3.05, 3.63) is 101 Å². The molecule has 0 bridgehead atoms. The monoisotopic (exact) mass is 467 g/mol. The van der Waals surface area contributed by atoms with E-state index in [1.807, 2.05) is 25.1 Å². The van der Waals surface area contributed by atoms with E-state index in [-0.39, 0.29) is 10.7 Å². The molecule has 1 aromatic heterocycles. The van der Waals surface area contributed by atoms with E-state index in [1.165, 1.54) is 29.7 Å². The summed E-state index contributed by atoms with van der Waals surface area (Å²) in [5.74, 6) is -0.617. The van der Waals surface area contributed by atoms with E-state index in [0.29, 0.717) is 26.9 Å². The number of benzene rings is 3. The van der Waals surface area contributed by atoms with E-state index in [4.69, 9.17) is 0 Å². The van der Waals surface area contributed by atoms with E-state index in [1.54, 1.807) is 30.3 Å². The number of rotatable bonds is 7. The highest BCUT2D eigenvalue weighted by Crippen LogP contribution is 2.27. The van der Waals surface area contributed by atoms with Gasteiger partial charge in [-0.25, -0.2) is 17.8 Å². The van der Waals surface area contributed by atoms with Crippen LogP contribution in [0.2, 0.25) is 0 Å². The van der Waals surface area contributed by atoms with Crippen LogP contribution in [-0.4, -0.2) is 19.2 Å². The molecule has 0 saturated carbocycles. The molecule has 0 aliphatic carbocycles. The Bertz CT molecular complexity index is 1380. The number of nitrogens with zero attached hydrogens (tertiary/aromatic N) is 1. The van der Waals surface area contributed by atoms with Crippen LogP contribution < -0.4 is 10.0 Å². The number of nitrogens with one attached hydrogen (secondary N) is 2. The number of carbonyl (C=O) groups excluding carboxylic acids is 1. The number of anilines is 3. The molecule has 32 heavy (non-hydrogen) atoms. The number of sulfonamides is 1. The molecule has 3 aromatic carbocycles. The van der Waals surface area contributed by atoms with Gasteiger partial charge in [-0.1, -0.05) is 41.7 Å². The summed E-state index contributed by atoms with van der Waals surface area (Å²) in [5, 5.41) is 3.59. The summed E-state index contributed by atoms with van der Waals surface area (Å²) in [4.78, 5) is 17.5. The van der Waals surface area contributed by atoms with Crippen molar-refractivity contribution in [1.82, 2.24) is 4.98 Å². The first-order valence-electron chi connectivity index (χ1n) is 9.53. The van der Waals surface area contributed by atoms with Gasteiger partial charge >= 0.3 is 0 Å². The summed E-state index contributed by atoms with van der Waals surface area (Å²) in [7, 11) is -3.86. The number of ketones is 1. The van der Waals surface area contributed by atoms with Crippen molar-refractivity contribution < 1.29 is 17.6 Å². The highest BCUT2D eigenvalue weighted by Gasteiger charge is 2.16. The third-order valence-corrected chi connectivity index (χ3v) is 6.92. The second-order valence-electron chi connectivity index (χ2n) is 6.94. The lowest BCUT2D eigenvalue weighted by Gasteiger charge is -2.10. The lowest BCUT2D eigenvalue weighted by Crippen LogP contribution is -2.13. The molecule has 4 aromatic rings. The molecule has 0 saturated heterocycles. The van der Waals surface area contributed by atoms with E-state index >= 15 is 0 Å². The zero-order valence-electron chi connectivity index (χ0n) is 16.9. The summed E-state index contributed by atoms with van der Waals surface area (Å²) in [6.45, 7) is 1.88. The normalized spacial score (nSPS) is 11.2. The standard InChI is InChI=1S/C23H18FN3O3S2/c1-15-5-2-3-8-20(15)22(28)21-14-25-23(31-21)26-17-6-4-7-18(13-17)27-32(29,30)19-11-9-16(24)10-12-19/h2-14,27H,1H3,(H,25,26). The Morgan fingerprint density at radius 1 is 0.969 bits per heavy atom. The van der Waals surface area contributed by atoms with Crippen molar-refractivity contribution in [2.45, 2.75) is 11.8 Å². The first kappa shape index (κ1) is 21.7. The molecule has 0 spiro atoms. The Kier molecular flexibility index (Phi) is 6.02. The fraction of sp³-hybridized carbons (Fsp3) is 0.0435. The van der Waals surface area contributed by atoms with Crippen LogP contribution in [0.5, 0.6) is 0 Å². The van der Waals surface area contributed by atoms with E-state index in [0.717, 1.165) is 17.7 Å². The van der Waals surface area contributed by atoms with E-state index in [2.05, 4.69) is 15.0 Å². The number of hydrogen-bond donors (Lipinski definition) is 2. The predicted octanol–water partition coefficient (Wildman–Crippen LogP) is 5.37. The predicted molar refractivity (Wildman–Crippen MR) is 124 cm³/mol. The van der Waals surface area contributed by atoms with Crippen LogP contribution in [0.15, 0.2) is 83.9 Å². The molecular formula is C23H18FN3O3S2. The van der Waals surface area contributed by atoms with Crippen LogP contribution >= 0.6 is 11.3 Å². The zero-order chi connectivity index (χ0) is 22.7. The van der Waals surface area contributed by atoms with Crippen LogP contribution in [0.1, 0.15) is 20.8 Å². The smallest absolute Gasteiger partial charge is 0.261 e. The van der Waals surface area contributed by atoms with Gasteiger partial charge < -0.3 is 5.32 Å². The average Bonchev–Trinajstić information content (AvgIpc) is 3.22. The number of carbonyl (C=O) groups is 1. The lowest BCUT2D eigenvalue weighted by atomic mass is 10.0. The topological polar surface area (TPSA) is 88.2 Å². The molecule has 0 unspecified atom stereocenters. The minimum absolute atomic E-state index is 0.0449. The Labute approximate surface area is 188 Å². The first-order chi connectivity index (χ1) is 15.3. The maximum Gasteiger partial charge on any atom is 0.261 e. The Balaban J connectivity index is 1.50. The highest BCUT2D eigenvalue weighted by atomic mass is 32.2. The maximum absolute atomic E-state index is 13.1. The van der Waals surface area contributed by atoms with Gasteiger partial charge in [0.05, 0.1) is 21.7 Å². The fourth-order valence-corrected chi connectivity index (χ4v) is 4.85. The van der Waals surface area contributed by atoms with Gasteiger partial charge in [-0.15, -0.1) is 0 Å². The van der Waals surface area contributed by atoms with Crippen molar-refractivity contribution in [2.75, 3.05) is 10.0 Å². The number of thiazole rings is 1. The Hall–Kier alpha value is -3.56. The van der Waals surface area contributed by atoms with Gasteiger partial charge in [-0.3, -0.25) is 9.52 Å². The molecule has 0 aliphatic rings. The van der Waals surface area contributed by atoms with Gasteiger partial charge in [-0.2, -0.15) is 0 Å². The van der Waals surface area contributed by atoms with Crippen molar-refractivity contribution in [1.29, 1.82) is 0 Å². The highest BCUT2D eigenvalue weighted by molar-refractivity contribution is 7.92. The zero-order valence-corrected chi connectivity index (χ0v) is 18.5. The molecule has 162 valence electrons. The Morgan fingerprint density at radius 3 is 2.44 bits per heavy atom. The molecule has 0 amide bonds. The molecule has 9 heteroatoms. The second kappa shape index (κ2) is 8.89. The molecule has 6 nitrogen and oxygen atoms in total. The molecule has 4 rings (SSSR count). The van der Waals surface area contributed by atoms with Crippen LogP contribution in [0.3, 0.4) is 0 Å². The number of hydrogen-bond acceptors (Lipinski definition) is 6. The van der Waals surface area contributed by atoms with E-state index < -0.39 is 15.8 Å². The van der Waals surface area contributed by atoms with Crippen LogP contribution in [0.4, 0.5) is 20.9 Å². The molecule has 0 aliphatic heterocycles. The molecule has 1 heterocycles. The summed E-state index contributed by atoms with van der Waals surface area (Å²) >= 11 is 1.21. The van der Waals surface area contributed by atoms with Crippen molar-refractivity contribution in [3.63, 3.8) is 0 Å². The molecule has 0 fully saturated rings. The average molecular weight is 468 g/mol. The fourth-order valence-electron chi connectivity index (χ4n) is 3.01. The van der Waals surface area contributed by atoms with Gasteiger partial charge in [0, 0.05) is 11.3 Å². The van der Waals surface area contributed by atoms with Crippen molar-refractivity contribution in [2.24, 2.45) is 0 Å². The van der Waals surface area contributed by atoms with Gasteiger partial charge in [0.15, 0.2) is 5.13 Å². The molecule has 0 radical (unpaired) electrons. The van der Waals surface area contributed by atoms with Crippen molar-refractivity contribution in [3.8, 4) is 0 Å². The first-order valence-corrected chi connectivity index (χ1v) is 11.8. The third-order valence-electron chi connectivity index (χ3n) is 4.61. The summed E-state index contributed by atoms with van der Waals surface area (Å²) in [5.41, 5.74) is 2.43. The Morgan fingerprint density at radius 2 is 1.69 bits per heavy atom. The quantitative estimate of drug-likeness (QED) is 0.357. The molecule has 0 atom stereocenters. The largest absolute Gasteiger partial charge is 0.331 e. The summed E-state index contributed by atoms with van der Waals surface area (Å²) in [6, 6.07) is 18.6. The second-order valence-corrected chi connectivity index (χ2v) is 9.65. The van der Waals surface area contributed by atoms with Gasteiger partial charge in [0.2, 0.25) is 5.78 Å². The van der Waals surface area contributed by atoms with Gasteiger partial charge in [0.25, 0.3) is 10.0 Å². The van der Waals surface area contributed by atoms with Crippen LogP contribution in [0.25, 0.3) is 0 Å². The number of halogens is 1. The van der Waals surface area contributed by atoms with Gasteiger partial charge in [0.1, 0.15) is 5.82 Å². The maximum atomic E-state index is 13.1. The summed E-state index contributed by atoms with van der Waals surface area (Å²) in [6.07, 6.45) is 1.52. The molecule has 2 N–H and O–H groups in total.